The highest BCUT2D eigenvalue weighted by atomic mass is 31.3. The summed E-state index contributed by atoms with van der Waals surface area (Å²) in [5.41, 5.74) is -0.173. The Labute approximate surface area is 144 Å². The third kappa shape index (κ3) is 4.26. The number of ether oxygens (including phenoxy) is 1. The predicted molar refractivity (Wildman–Crippen MR) is 81.6 cm³/mol. The van der Waals surface area contributed by atoms with Crippen LogP contribution < -0.4 is 5.56 Å². The average molecular weight is 412 g/mol. The summed E-state index contributed by atoms with van der Waals surface area (Å²) in [5, 5.41) is 10.0. The molecule has 1 saturated heterocycles. The minimum Gasteiger partial charge on any atom is -0.390 e. The molecule has 2 aromatic rings. The number of fused-ring (bicyclic) bond motifs is 1. The Balaban J connectivity index is 1.70. The number of H-pyrrole nitrogens is 1. The van der Waals surface area contributed by atoms with E-state index >= 15 is 0 Å². The van der Waals surface area contributed by atoms with Crippen LogP contribution in [0.5, 0.6) is 0 Å². The lowest BCUT2D eigenvalue weighted by Gasteiger charge is -2.18. The smallest absolute Gasteiger partial charge is 0.390 e. The fraction of sp³-hybridized carbons (Fsp3) is 0.500. The largest absolute Gasteiger partial charge is 0.481 e. The Bertz CT molecular complexity index is 953. The van der Waals surface area contributed by atoms with E-state index in [0.717, 1.165) is 0 Å². The maximum Gasteiger partial charge on any atom is 0.481 e. The minimum atomic E-state index is -5.24. The molecule has 0 saturated carbocycles. The van der Waals surface area contributed by atoms with Gasteiger partial charge in [0.1, 0.15) is 12.3 Å². The minimum absolute atomic E-state index is 0.0308. The third-order valence-corrected chi connectivity index (χ3v) is 5.64. The van der Waals surface area contributed by atoms with Gasteiger partial charge < -0.3 is 29.5 Å². The topological polar surface area (TPSA) is 206 Å². The number of imidazole rings is 1. The van der Waals surface area contributed by atoms with E-state index in [-0.39, 0.29) is 17.6 Å². The van der Waals surface area contributed by atoms with Crippen molar-refractivity contribution in [2.75, 3.05) is 6.61 Å². The van der Waals surface area contributed by atoms with Crippen molar-refractivity contribution in [3.8, 4) is 0 Å². The maximum absolute atomic E-state index is 11.6. The Morgan fingerprint density at radius 2 is 2.08 bits per heavy atom. The van der Waals surface area contributed by atoms with Crippen LogP contribution in [0, 0.1) is 0 Å². The molecule has 3 rings (SSSR count). The first kappa shape index (κ1) is 19.3. The number of aromatic amines is 1. The van der Waals surface area contributed by atoms with Gasteiger partial charge in [0.05, 0.1) is 25.4 Å². The molecule has 1 aliphatic heterocycles. The van der Waals surface area contributed by atoms with E-state index in [1.54, 1.807) is 0 Å². The van der Waals surface area contributed by atoms with E-state index < -0.39 is 46.2 Å². The van der Waals surface area contributed by atoms with Crippen molar-refractivity contribution in [3.63, 3.8) is 0 Å². The van der Waals surface area contributed by atoms with Crippen LogP contribution in [0.2, 0.25) is 0 Å². The quantitative estimate of drug-likeness (QED) is 0.362. The first-order chi connectivity index (χ1) is 12.1. The Hall–Kier alpha value is -1.47. The van der Waals surface area contributed by atoms with Crippen LogP contribution in [-0.2, 0) is 22.7 Å². The van der Waals surface area contributed by atoms with Crippen molar-refractivity contribution in [1.29, 1.82) is 0 Å². The second kappa shape index (κ2) is 6.93. The highest BCUT2D eigenvalue weighted by Gasteiger charge is 2.39. The van der Waals surface area contributed by atoms with E-state index in [9.17, 15) is 23.9 Å². The van der Waals surface area contributed by atoms with Gasteiger partial charge in [-0.3, -0.25) is 13.9 Å². The number of aliphatic hydroxyl groups excluding tert-OH is 1. The molecule has 26 heavy (non-hydrogen) atoms. The zero-order valence-corrected chi connectivity index (χ0v) is 14.6. The third-order valence-electron chi connectivity index (χ3n) is 3.49. The van der Waals surface area contributed by atoms with Gasteiger partial charge in [-0.15, -0.1) is 0 Å². The summed E-state index contributed by atoms with van der Waals surface area (Å²) >= 11 is 0. The van der Waals surface area contributed by atoms with Gasteiger partial charge in [-0.05, 0) is 0 Å². The van der Waals surface area contributed by atoms with E-state index in [1.807, 2.05) is 0 Å². The zero-order chi connectivity index (χ0) is 19.1. The molecule has 5 N–H and O–H groups in total. The van der Waals surface area contributed by atoms with Gasteiger partial charge in [0.25, 0.3) is 5.56 Å². The molecule has 0 bridgehead atoms. The lowest BCUT2D eigenvalue weighted by molar-refractivity contribution is -0.0423. The van der Waals surface area contributed by atoms with Crippen molar-refractivity contribution in [2.45, 2.75) is 24.9 Å². The average Bonchev–Trinajstić information content (AvgIpc) is 3.07. The molecule has 1 aliphatic rings. The van der Waals surface area contributed by atoms with Gasteiger partial charge in [0, 0.05) is 6.42 Å². The van der Waals surface area contributed by atoms with E-state index in [1.165, 1.54) is 17.2 Å². The van der Waals surface area contributed by atoms with Crippen LogP contribution in [0.3, 0.4) is 0 Å². The van der Waals surface area contributed by atoms with Gasteiger partial charge >= 0.3 is 15.6 Å². The number of aliphatic hydroxyl groups is 1. The summed E-state index contributed by atoms with van der Waals surface area (Å²) in [4.78, 5) is 48.2. The number of hydrogen-bond donors (Lipinski definition) is 5. The second-order valence-corrected chi connectivity index (χ2v) is 8.15. The van der Waals surface area contributed by atoms with Crippen molar-refractivity contribution < 1.29 is 42.5 Å². The highest BCUT2D eigenvalue weighted by molar-refractivity contribution is 7.60. The van der Waals surface area contributed by atoms with Crippen molar-refractivity contribution in [3.05, 3.63) is 23.0 Å². The van der Waals surface area contributed by atoms with Crippen molar-refractivity contribution >= 4 is 26.8 Å². The molecular weight excluding hydrogens is 398 g/mol. The Morgan fingerprint density at radius 3 is 2.77 bits per heavy atom. The monoisotopic (exact) mass is 412 g/mol. The van der Waals surface area contributed by atoms with Crippen LogP contribution in [0.15, 0.2) is 17.4 Å². The maximum atomic E-state index is 11.6. The standard InChI is InChI=1S/C10H14N4O10P2/c15-5-1-7(14-4-13-8-9(14)11-3-12-10(8)16)23-6(5)2-22-26(20,21)24-25(17,18)19/h3-7,15H,1-2H2,(H,20,21)(H,11,12,16)(H2,17,18,19). The van der Waals surface area contributed by atoms with E-state index in [2.05, 4.69) is 23.8 Å². The number of nitrogens with one attached hydrogen (secondary N) is 1. The summed E-state index contributed by atoms with van der Waals surface area (Å²) < 4.78 is 37.0. The molecular formula is C10H14N4O10P2. The normalized spacial score (nSPS) is 26.2. The number of hydrogen-bond acceptors (Lipinski definition) is 9. The van der Waals surface area contributed by atoms with Gasteiger partial charge in [0.15, 0.2) is 11.2 Å². The molecule has 4 atom stereocenters. The summed E-state index contributed by atoms with van der Waals surface area (Å²) in [7, 11) is -10.3. The molecule has 14 nitrogen and oxygen atoms in total. The van der Waals surface area contributed by atoms with Gasteiger partial charge in [0.2, 0.25) is 0 Å². The van der Waals surface area contributed by atoms with Crippen LogP contribution in [0.1, 0.15) is 12.6 Å². The summed E-state index contributed by atoms with van der Waals surface area (Å²) in [6.07, 6.45) is -0.519. The van der Waals surface area contributed by atoms with Gasteiger partial charge in [-0.2, -0.15) is 4.31 Å². The van der Waals surface area contributed by atoms with Gasteiger partial charge in [-0.1, -0.05) is 0 Å². The molecule has 0 aromatic carbocycles. The summed E-state index contributed by atoms with van der Waals surface area (Å²) in [6, 6.07) is 0. The lowest BCUT2D eigenvalue weighted by Crippen LogP contribution is -2.26. The Kier molecular flexibility index (Phi) is 5.14. The zero-order valence-electron chi connectivity index (χ0n) is 12.8. The van der Waals surface area contributed by atoms with Gasteiger partial charge in [-0.25, -0.2) is 19.1 Å². The molecule has 0 aliphatic carbocycles. The van der Waals surface area contributed by atoms with Crippen LogP contribution in [0.25, 0.3) is 11.2 Å². The summed E-state index contributed by atoms with van der Waals surface area (Å²) in [6.45, 7) is -0.675. The molecule has 0 spiro atoms. The van der Waals surface area contributed by atoms with E-state index in [4.69, 9.17) is 14.5 Å². The van der Waals surface area contributed by atoms with Crippen LogP contribution in [0.4, 0.5) is 0 Å². The molecule has 3 heterocycles. The molecule has 2 aromatic heterocycles. The predicted octanol–water partition coefficient (Wildman–Crippen LogP) is -1.01. The molecule has 4 unspecified atom stereocenters. The first-order valence-electron chi connectivity index (χ1n) is 7.04. The number of rotatable bonds is 6. The van der Waals surface area contributed by atoms with Crippen molar-refractivity contribution in [1.82, 2.24) is 19.5 Å². The fourth-order valence-electron chi connectivity index (χ4n) is 2.44. The highest BCUT2D eigenvalue weighted by Crippen LogP contribution is 2.57. The molecule has 0 radical (unpaired) electrons. The molecule has 16 heteroatoms. The van der Waals surface area contributed by atoms with E-state index in [0.29, 0.717) is 0 Å². The van der Waals surface area contributed by atoms with Crippen LogP contribution in [-0.4, -0.2) is 58.1 Å². The second-order valence-electron chi connectivity index (χ2n) is 5.32. The lowest BCUT2D eigenvalue weighted by atomic mass is 10.2. The number of nitrogens with zero attached hydrogens (tertiary/aromatic N) is 3. The Morgan fingerprint density at radius 1 is 1.35 bits per heavy atom. The summed E-state index contributed by atoms with van der Waals surface area (Å²) in [5.74, 6) is 0. The number of aromatic nitrogens is 4. The number of phosphoric ester groups is 1. The first-order valence-corrected chi connectivity index (χ1v) is 10.1. The van der Waals surface area contributed by atoms with Crippen molar-refractivity contribution in [2.24, 2.45) is 0 Å². The fourth-order valence-corrected chi connectivity index (χ4v) is 4.03. The molecule has 0 amide bonds. The number of phosphoric acid groups is 2. The van der Waals surface area contributed by atoms with Crippen LogP contribution >= 0.6 is 15.6 Å². The molecule has 1 fully saturated rings. The SMILES string of the molecule is O=c1[nH]cnc2c1ncn2C1CC(O)C(COP(=O)(O)OP(=O)(O)O)O1. The molecule has 144 valence electrons.